The Hall–Kier alpha value is -0.170. The van der Waals surface area contributed by atoms with Crippen LogP contribution >= 0.6 is 0 Å². The molecular formula is C13H27N3O2S. The molecule has 2 fully saturated rings. The molecule has 0 saturated carbocycles. The Labute approximate surface area is 117 Å². The molecule has 2 aliphatic heterocycles. The average molecular weight is 289 g/mol. The van der Waals surface area contributed by atoms with Crippen LogP contribution in [0.15, 0.2) is 0 Å². The summed E-state index contributed by atoms with van der Waals surface area (Å²) in [6, 6.07) is 1.13. The molecule has 2 N–H and O–H groups in total. The van der Waals surface area contributed by atoms with Gasteiger partial charge in [0.2, 0.25) is 0 Å². The van der Waals surface area contributed by atoms with Gasteiger partial charge in [-0.15, -0.1) is 0 Å². The molecule has 0 aliphatic carbocycles. The molecule has 2 aliphatic rings. The summed E-state index contributed by atoms with van der Waals surface area (Å²) in [7, 11) is -3.31. The van der Waals surface area contributed by atoms with E-state index in [1.165, 1.54) is 12.8 Å². The summed E-state index contributed by atoms with van der Waals surface area (Å²) in [5.74, 6) is 0. The fraction of sp³-hybridized carbons (Fsp3) is 1.00. The molecule has 0 aromatic rings. The van der Waals surface area contributed by atoms with E-state index < -0.39 is 10.2 Å². The van der Waals surface area contributed by atoms with Crippen molar-refractivity contribution in [1.82, 2.24) is 14.3 Å². The van der Waals surface area contributed by atoms with Crippen molar-refractivity contribution >= 4 is 10.2 Å². The Balaban J connectivity index is 1.95. The van der Waals surface area contributed by atoms with E-state index in [0.29, 0.717) is 25.2 Å². The minimum absolute atomic E-state index is 0.111. The molecule has 5 nitrogen and oxygen atoms in total. The zero-order valence-electron chi connectivity index (χ0n) is 12.1. The number of rotatable bonds is 7. The summed E-state index contributed by atoms with van der Waals surface area (Å²) in [4.78, 5) is 0. The predicted molar refractivity (Wildman–Crippen MR) is 77.2 cm³/mol. The van der Waals surface area contributed by atoms with E-state index in [1.807, 2.05) is 13.8 Å². The van der Waals surface area contributed by atoms with E-state index in [4.69, 9.17) is 0 Å². The monoisotopic (exact) mass is 289 g/mol. The number of piperidine rings is 1. The molecule has 6 heteroatoms. The standard InChI is InChI=1S/C13H27N3O2S/c1-3-7-16(8-4-2)19(17,18)15-13-9-11-5-6-12(10-13)14-11/h11-15H,3-10H2,1-2H3. The molecule has 0 spiro atoms. The molecule has 2 rings (SSSR count). The van der Waals surface area contributed by atoms with Gasteiger partial charge in [-0.2, -0.15) is 17.4 Å². The number of hydrogen-bond acceptors (Lipinski definition) is 3. The van der Waals surface area contributed by atoms with Gasteiger partial charge < -0.3 is 5.32 Å². The zero-order valence-corrected chi connectivity index (χ0v) is 12.9. The third kappa shape index (κ3) is 3.90. The van der Waals surface area contributed by atoms with Gasteiger partial charge >= 0.3 is 0 Å². The van der Waals surface area contributed by atoms with Crippen molar-refractivity contribution in [2.24, 2.45) is 0 Å². The average Bonchev–Trinajstić information content (AvgIpc) is 2.68. The number of nitrogens with zero attached hydrogens (tertiary/aromatic N) is 1. The fourth-order valence-electron chi connectivity index (χ4n) is 3.29. The first kappa shape index (κ1) is 15.2. The summed E-state index contributed by atoms with van der Waals surface area (Å²) in [6.07, 6.45) is 5.97. The lowest BCUT2D eigenvalue weighted by atomic mass is 10.0. The third-order valence-corrected chi connectivity index (χ3v) is 5.75. The molecule has 112 valence electrons. The second-order valence-corrected chi connectivity index (χ2v) is 7.53. The smallest absolute Gasteiger partial charge is 0.279 e. The van der Waals surface area contributed by atoms with E-state index in [1.54, 1.807) is 4.31 Å². The maximum atomic E-state index is 12.4. The maximum Gasteiger partial charge on any atom is 0.279 e. The molecule has 2 saturated heterocycles. The van der Waals surface area contributed by atoms with Crippen LogP contribution in [0.3, 0.4) is 0 Å². The van der Waals surface area contributed by atoms with Crippen LogP contribution in [0, 0.1) is 0 Å². The van der Waals surface area contributed by atoms with Crippen molar-refractivity contribution in [1.29, 1.82) is 0 Å². The van der Waals surface area contributed by atoms with Crippen LogP contribution < -0.4 is 10.0 Å². The number of nitrogens with one attached hydrogen (secondary N) is 2. The summed E-state index contributed by atoms with van der Waals surface area (Å²) in [5.41, 5.74) is 0. The van der Waals surface area contributed by atoms with Gasteiger partial charge in [0.25, 0.3) is 10.2 Å². The zero-order chi connectivity index (χ0) is 13.9. The highest BCUT2D eigenvalue weighted by molar-refractivity contribution is 7.87. The second-order valence-electron chi connectivity index (χ2n) is 5.83. The highest BCUT2D eigenvalue weighted by atomic mass is 32.2. The summed E-state index contributed by atoms with van der Waals surface area (Å²) >= 11 is 0. The van der Waals surface area contributed by atoms with Gasteiger partial charge in [0.05, 0.1) is 0 Å². The SMILES string of the molecule is CCCN(CCC)S(=O)(=O)NC1CC2CCC(C1)N2. The molecule has 2 atom stereocenters. The largest absolute Gasteiger partial charge is 0.311 e. The van der Waals surface area contributed by atoms with E-state index in [9.17, 15) is 8.42 Å². The van der Waals surface area contributed by atoms with Crippen LogP contribution in [0.1, 0.15) is 52.4 Å². The number of hydrogen-bond donors (Lipinski definition) is 2. The van der Waals surface area contributed by atoms with Gasteiger partial charge in [0.1, 0.15) is 0 Å². The van der Waals surface area contributed by atoms with Gasteiger partial charge in [-0.25, -0.2) is 0 Å². The quantitative estimate of drug-likeness (QED) is 0.741. The van der Waals surface area contributed by atoms with Crippen molar-refractivity contribution in [3.63, 3.8) is 0 Å². The minimum Gasteiger partial charge on any atom is -0.311 e. The Morgan fingerprint density at radius 3 is 2.11 bits per heavy atom. The normalized spacial score (nSPS) is 31.0. The Kier molecular flexibility index (Phi) is 5.22. The Morgan fingerprint density at radius 1 is 1.11 bits per heavy atom. The lowest BCUT2D eigenvalue weighted by Gasteiger charge is -2.31. The van der Waals surface area contributed by atoms with Gasteiger partial charge in [-0.3, -0.25) is 0 Å². The summed E-state index contributed by atoms with van der Waals surface area (Å²) in [5, 5.41) is 3.54. The van der Waals surface area contributed by atoms with Gasteiger partial charge in [-0.05, 0) is 38.5 Å². The maximum absolute atomic E-state index is 12.4. The first-order valence-electron chi connectivity index (χ1n) is 7.58. The van der Waals surface area contributed by atoms with E-state index in [0.717, 1.165) is 25.7 Å². The number of fused-ring (bicyclic) bond motifs is 2. The van der Waals surface area contributed by atoms with E-state index >= 15 is 0 Å². The summed E-state index contributed by atoms with van der Waals surface area (Å²) in [6.45, 7) is 5.26. The fourth-order valence-corrected chi connectivity index (χ4v) is 4.90. The van der Waals surface area contributed by atoms with E-state index in [2.05, 4.69) is 10.0 Å². The van der Waals surface area contributed by atoms with Crippen LogP contribution in [0.4, 0.5) is 0 Å². The Bertz CT molecular complexity index is 367. The van der Waals surface area contributed by atoms with Gasteiger partial charge in [0, 0.05) is 31.2 Å². The second kappa shape index (κ2) is 6.52. The molecule has 0 aromatic heterocycles. The van der Waals surface area contributed by atoms with Crippen LogP contribution in [0.5, 0.6) is 0 Å². The first-order valence-corrected chi connectivity index (χ1v) is 9.02. The molecule has 0 amide bonds. The van der Waals surface area contributed by atoms with Crippen LogP contribution in [-0.4, -0.2) is 43.9 Å². The highest BCUT2D eigenvalue weighted by Gasteiger charge is 2.36. The third-order valence-electron chi connectivity index (χ3n) is 4.07. The highest BCUT2D eigenvalue weighted by Crippen LogP contribution is 2.27. The lowest BCUT2D eigenvalue weighted by molar-refractivity contribution is 0.331. The Morgan fingerprint density at radius 2 is 1.63 bits per heavy atom. The van der Waals surface area contributed by atoms with Gasteiger partial charge in [0.15, 0.2) is 0 Å². The van der Waals surface area contributed by atoms with Crippen LogP contribution in [0.2, 0.25) is 0 Å². The molecule has 0 aromatic carbocycles. The van der Waals surface area contributed by atoms with Crippen molar-refractivity contribution in [3.8, 4) is 0 Å². The molecule has 2 unspecified atom stereocenters. The van der Waals surface area contributed by atoms with Crippen LogP contribution in [0.25, 0.3) is 0 Å². The van der Waals surface area contributed by atoms with Crippen LogP contribution in [-0.2, 0) is 10.2 Å². The van der Waals surface area contributed by atoms with Crippen molar-refractivity contribution < 1.29 is 8.42 Å². The van der Waals surface area contributed by atoms with Gasteiger partial charge in [-0.1, -0.05) is 13.8 Å². The summed E-state index contributed by atoms with van der Waals surface area (Å²) < 4.78 is 29.3. The molecule has 19 heavy (non-hydrogen) atoms. The van der Waals surface area contributed by atoms with Crippen molar-refractivity contribution in [3.05, 3.63) is 0 Å². The molecule has 0 radical (unpaired) electrons. The topological polar surface area (TPSA) is 61.4 Å². The first-order chi connectivity index (χ1) is 9.05. The van der Waals surface area contributed by atoms with Crippen molar-refractivity contribution in [2.75, 3.05) is 13.1 Å². The minimum atomic E-state index is -3.31. The molecule has 2 heterocycles. The molecule has 2 bridgehead atoms. The van der Waals surface area contributed by atoms with E-state index in [-0.39, 0.29) is 6.04 Å². The predicted octanol–water partition coefficient (Wildman–Crippen LogP) is 1.23. The van der Waals surface area contributed by atoms with Crippen molar-refractivity contribution in [2.45, 2.75) is 70.5 Å². The molecular weight excluding hydrogens is 262 g/mol. The lowest BCUT2D eigenvalue weighted by Crippen LogP contribution is -2.51.